The summed E-state index contributed by atoms with van der Waals surface area (Å²) < 4.78 is 28.5. The van der Waals surface area contributed by atoms with Crippen molar-refractivity contribution in [2.45, 2.75) is 24.3 Å². The Bertz CT molecular complexity index is 1350. The van der Waals surface area contributed by atoms with Crippen molar-refractivity contribution in [1.82, 2.24) is 0 Å². The average Bonchev–Trinajstić information content (AvgIpc) is 3.14. The molecule has 1 unspecified atom stereocenters. The van der Waals surface area contributed by atoms with E-state index < -0.39 is 15.9 Å². The molecular weight excluding hydrogens is 426 g/mol. The molecule has 7 nitrogen and oxygen atoms in total. The highest BCUT2D eigenvalue weighted by molar-refractivity contribution is 7.92. The monoisotopic (exact) mass is 447 g/mol. The molecule has 32 heavy (non-hydrogen) atoms. The van der Waals surface area contributed by atoms with E-state index in [1.54, 1.807) is 42.5 Å². The van der Waals surface area contributed by atoms with Crippen LogP contribution >= 0.6 is 0 Å². The molecule has 3 aromatic rings. The minimum absolute atomic E-state index is 0.0432. The topological polar surface area (TPSA) is 86.8 Å². The zero-order valence-corrected chi connectivity index (χ0v) is 18.2. The largest absolute Gasteiger partial charge is 0.323 e. The Morgan fingerprint density at radius 3 is 2.50 bits per heavy atom. The van der Waals surface area contributed by atoms with Crippen molar-refractivity contribution in [3.63, 3.8) is 0 Å². The third-order valence-corrected chi connectivity index (χ3v) is 7.72. The first-order valence-corrected chi connectivity index (χ1v) is 11.7. The Hall–Kier alpha value is -3.65. The molecule has 162 valence electrons. The van der Waals surface area contributed by atoms with Gasteiger partial charge in [-0.05, 0) is 55.3 Å². The van der Waals surface area contributed by atoms with Gasteiger partial charge in [-0.25, -0.2) is 8.42 Å². The predicted octanol–water partition coefficient (Wildman–Crippen LogP) is 3.43. The van der Waals surface area contributed by atoms with Crippen LogP contribution in [0.5, 0.6) is 0 Å². The first kappa shape index (κ1) is 20.3. The number of fused-ring (bicyclic) bond motifs is 2. The molecule has 5 rings (SSSR count). The van der Waals surface area contributed by atoms with Gasteiger partial charge in [0, 0.05) is 11.6 Å². The molecule has 0 bridgehead atoms. The van der Waals surface area contributed by atoms with Crippen molar-refractivity contribution >= 4 is 38.9 Å². The zero-order valence-electron chi connectivity index (χ0n) is 17.4. The van der Waals surface area contributed by atoms with Gasteiger partial charge in [0.25, 0.3) is 15.9 Å². The minimum Gasteiger partial charge on any atom is -0.323 e. The van der Waals surface area contributed by atoms with E-state index in [2.05, 4.69) is 5.32 Å². The second kappa shape index (κ2) is 7.49. The van der Waals surface area contributed by atoms with Crippen LogP contribution in [0.25, 0.3) is 0 Å². The highest BCUT2D eigenvalue weighted by Crippen LogP contribution is 2.37. The Balaban J connectivity index is 1.52. The summed E-state index contributed by atoms with van der Waals surface area (Å²) in [5.74, 6) is -0.734. The van der Waals surface area contributed by atoms with E-state index in [0.29, 0.717) is 23.5 Å². The lowest BCUT2D eigenvalue weighted by Crippen LogP contribution is -2.42. The Morgan fingerprint density at radius 1 is 0.969 bits per heavy atom. The zero-order chi connectivity index (χ0) is 22.5. The number of carbonyl (C=O) groups is 2. The number of nitrogens with one attached hydrogen (secondary N) is 1. The molecule has 2 amide bonds. The van der Waals surface area contributed by atoms with Gasteiger partial charge in [0.1, 0.15) is 6.54 Å². The first-order chi connectivity index (χ1) is 15.4. The quantitative estimate of drug-likeness (QED) is 0.667. The summed E-state index contributed by atoms with van der Waals surface area (Å²) in [7, 11) is -3.88. The van der Waals surface area contributed by atoms with Crippen LogP contribution in [0.2, 0.25) is 0 Å². The number of nitrogens with zero attached hydrogens (tertiary/aromatic N) is 2. The number of anilines is 3. The van der Waals surface area contributed by atoms with E-state index in [9.17, 15) is 18.0 Å². The lowest BCUT2D eigenvalue weighted by Gasteiger charge is -2.29. The molecule has 0 spiro atoms. The van der Waals surface area contributed by atoms with Crippen LogP contribution in [0.4, 0.5) is 17.1 Å². The Morgan fingerprint density at radius 2 is 1.69 bits per heavy atom. The molecule has 2 aliphatic rings. The van der Waals surface area contributed by atoms with Gasteiger partial charge in [-0.2, -0.15) is 0 Å². The summed E-state index contributed by atoms with van der Waals surface area (Å²) in [6.07, 6.45) is 0.633. The van der Waals surface area contributed by atoms with Gasteiger partial charge >= 0.3 is 0 Å². The van der Waals surface area contributed by atoms with Crippen LogP contribution < -0.4 is 14.5 Å². The molecule has 2 heterocycles. The number of benzene rings is 3. The number of amides is 2. The molecule has 3 aromatic carbocycles. The molecule has 0 radical (unpaired) electrons. The van der Waals surface area contributed by atoms with Gasteiger partial charge in [0.05, 0.1) is 22.0 Å². The van der Waals surface area contributed by atoms with Gasteiger partial charge in [-0.15, -0.1) is 0 Å². The number of hydrogen-bond acceptors (Lipinski definition) is 4. The summed E-state index contributed by atoms with van der Waals surface area (Å²) in [6, 6.07) is 20.3. The molecule has 1 N–H and O–H groups in total. The van der Waals surface area contributed by atoms with Crippen molar-refractivity contribution in [2.24, 2.45) is 0 Å². The standard InChI is InChI=1S/C24H21N3O4S/c1-16-13-17-7-2-4-11-21(17)27(16)32(30,31)19-9-6-8-18(14-19)24(29)26-15-23(28)25-20-10-3-5-12-22(20)26/h2-12,14,16H,13,15H2,1H3,(H,25,28). The third-order valence-electron chi connectivity index (χ3n) is 5.80. The molecule has 0 fully saturated rings. The number of rotatable bonds is 3. The lowest BCUT2D eigenvalue weighted by molar-refractivity contribution is -0.115. The van der Waals surface area contributed by atoms with Crippen LogP contribution in [0, 0.1) is 0 Å². The molecule has 0 saturated heterocycles. The van der Waals surface area contributed by atoms with Gasteiger partial charge in [0.2, 0.25) is 5.91 Å². The maximum absolute atomic E-state index is 13.5. The van der Waals surface area contributed by atoms with Crippen LogP contribution in [-0.2, 0) is 21.2 Å². The third kappa shape index (κ3) is 3.23. The van der Waals surface area contributed by atoms with Crippen LogP contribution in [0.1, 0.15) is 22.8 Å². The van der Waals surface area contributed by atoms with E-state index in [1.807, 2.05) is 25.1 Å². The Kier molecular flexibility index (Phi) is 4.74. The summed E-state index contributed by atoms with van der Waals surface area (Å²) in [5.41, 5.74) is 2.97. The molecule has 0 aliphatic carbocycles. The fraction of sp³-hybridized carbons (Fsp3) is 0.167. The SMILES string of the molecule is CC1Cc2ccccc2N1S(=O)(=O)c1cccc(C(=O)N2CC(=O)Nc3ccccc32)c1. The van der Waals surface area contributed by atoms with Crippen molar-refractivity contribution < 1.29 is 18.0 Å². The molecule has 1 atom stereocenters. The maximum Gasteiger partial charge on any atom is 0.264 e. The number of hydrogen-bond donors (Lipinski definition) is 1. The molecular formula is C24H21N3O4S. The van der Waals surface area contributed by atoms with Gasteiger partial charge < -0.3 is 5.32 Å². The molecule has 0 saturated carbocycles. The molecule has 2 aliphatic heterocycles. The fourth-order valence-corrected chi connectivity index (χ4v) is 6.12. The van der Waals surface area contributed by atoms with Crippen LogP contribution in [-0.4, -0.2) is 32.8 Å². The van der Waals surface area contributed by atoms with Crippen molar-refractivity contribution in [2.75, 3.05) is 21.1 Å². The van der Waals surface area contributed by atoms with Crippen molar-refractivity contribution in [3.05, 3.63) is 83.9 Å². The second-order valence-corrected chi connectivity index (χ2v) is 9.78. The fourth-order valence-electron chi connectivity index (χ4n) is 4.38. The predicted molar refractivity (Wildman–Crippen MR) is 122 cm³/mol. The highest BCUT2D eigenvalue weighted by atomic mass is 32.2. The van der Waals surface area contributed by atoms with Crippen molar-refractivity contribution in [1.29, 1.82) is 0 Å². The van der Waals surface area contributed by atoms with Crippen molar-refractivity contribution in [3.8, 4) is 0 Å². The van der Waals surface area contributed by atoms with E-state index in [4.69, 9.17) is 0 Å². The smallest absolute Gasteiger partial charge is 0.264 e. The Labute approximate surface area is 186 Å². The summed E-state index contributed by atoms with van der Waals surface area (Å²) in [5, 5.41) is 2.75. The number of sulfonamides is 1. The summed E-state index contributed by atoms with van der Waals surface area (Å²) in [6.45, 7) is 1.74. The lowest BCUT2D eigenvalue weighted by atomic mass is 10.1. The summed E-state index contributed by atoms with van der Waals surface area (Å²) >= 11 is 0. The van der Waals surface area contributed by atoms with E-state index in [-0.39, 0.29) is 29.0 Å². The normalized spacial score (nSPS) is 17.5. The number of carbonyl (C=O) groups excluding carboxylic acids is 2. The second-order valence-electron chi connectivity index (χ2n) is 7.97. The van der Waals surface area contributed by atoms with Gasteiger partial charge in [-0.1, -0.05) is 36.4 Å². The van der Waals surface area contributed by atoms with Gasteiger partial charge in [0.15, 0.2) is 0 Å². The average molecular weight is 448 g/mol. The van der Waals surface area contributed by atoms with Crippen LogP contribution in [0.15, 0.2) is 77.7 Å². The maximum atomic E-state index is 13.5. The first-order valence-electron chi connectivity index (χ1n) is 10.3. The van der Waals surface area contributed by atoms with Crippen LogP contribution in [0.3, 0.4) is 0 Å². The highest BCUT2D eigenvalue weighted by Gasteiger charge is 2.36. The number of para-hydroxylation sites is 3. The molecule has 8 heteroatoms. The minimum atomic E-state index is -3.88. The van der Waals surface area contributed by atoms with Gasteiger partial charge in [-0.3, -0.25) is 18.8 Å². The summed E-state index contributed by atoms with van der Waals surface area (Å²) in [4.78, 5) is 26.8. The van der Waals surface area contributed by atoms with E-state index in [1.165, 1.54) is 21.3 Å². The van der Waals surface area contributed by atoms with E-state index >= 15 is 0 Å². The van der Waals surface area contributed by atoms with E-state index in [0.717, 1.165) is 5.56 Å². The molecule has 0 aromatic heterocycles.